The van der Waals surface area contributed by atoms with Gasteiger partial charge in [0.1, 0.15) is 0 Å². The Morgan fingerprint density at radius 1 is 1.16 bits per heavy atom. The van der Waals surface area contributed by atoms with Crippen LogP contribution in [0.5, 0.6) is 0 Å². The van der Waals surface area contributed by atoms with Crippen molar-refractivity contribution in [3.05, 3.63) is 34.9 Å². The summed E-state index contributed by atoms with van der Waals surface area (Å²) in [5.74, 6) is 0.600. The first-order valence-corrected chi connectivity index (χ1v) is 7.68. The summed E-state index contributed by atoms with van der Waals surface area (Å²) in [6, 6.07) is 6.82. The normalized spacial score (nSPS) is 17.8. The van der Waals surface area contributed by atoms with E-state index < -0.39 is 0 Å². The van der Waals surface area contributed by atoms with Crippen LogP contribution in [0.25, 0.3) is 0 Å². The van der Waals surface area contributed by atoms with Crippen molar-refractivity contribution in [2.75, 3.05) is 25.6 Å². The van der Waals surface area contributed by atoms with Crippen LogP contribution in [-0.2, 0) is 11.3 Å². The molecule has 0 spiro atoms. The van der Waals surface area contributed by atoms with E-state index in [9.17, 15) is 0 Å². The second-order valence-electron chi connectivity index (χ2n) is 5.53. The molecule has 1 aromatic rings. The lowest BCUT2D eigenvalue weighted by molar-refractivity contribution is 0.0134. The molecule has 3 heteroatoms. The molecule has 1 heterocycles. The summed E-state index contributed by atoms with van der Waals surface area (Å²) in [5, 5.41) is 0. The zero-order valence-electron chi connectivity index (χ0n) is 12.0. The zero-order valence-corrected chi connectivity index (χ0v) is 12.7. The maximum atomic E-state index is 5.71. The highest BCUT2D eigenvalue weighted by molar-refractivity contribution is 6.17. The number of halogens is 1. The van der Waals surface area contributed by atoms with Crippen molar-refractivity contribution in [1.29, 1.82) is 0 Å². The quantitative estimate of drug-likeness (QED) is 0.766. The van der Waals surface area contributed by atoms with Gasteiger partial charge in [0.25, 0.3) is 0 Å². The molecule has 0 unspecified atom stereocenters. The Morgan fingerprint density at radius 2 is 1.79 bits per heavy atom. The van der Waals surface area contributed by atoms with Gasteiger partial charge in [0.2, 0.25) is 0 Å². The molecular weight excluding hydrogens is 258 g/mol. The van der Waals surface area contributed by atoms with E-state index in [4.69, 9.17) is 16.3 Å². The molecule has 1 aromatic carbocycles. The number of piperidine rings is 1. The van der Waals surface area contributed by atoms with Crippen molar-refractivity contribution < 1.29 is 4.74 Å². The summed E-state index contributed by atoms with van der Waals surface area (Å²) in [6.45, 7) is 8.33. The van der Waals surface area contributed by atoms with E-state index in [0.717, 1.165) is 32.5 Å². The molecule has 1 aliphatic rings. The molecular formula is C16H24ClNO. The summed E-state index contributed by atoms with van der Waals surface area (Å²) in [7, 11) is 0. The molecule has 0 amide bonds. The van der Waals surface area contributed by atoms with E-state index in [1.807, 2.05) is 0 Å². The van der Waals surface area contributed by atoms with Gasteiger partial charge in [-0.25, -0.2) is 0 Å². The third-order valence-corrected chi connectivity index (χ3v) is 3.81. The highest BCUT2D eigenvalue weighted by Crippen LogP contribution is 2.17. The molecule has 19 heavy (non-hydrogen) atoms. The third kappa shape index (κ3) is 4.79. The fourth-order valence-electron chi connectivity index (χ4n) is 2.86. The van der Waals surface area contributed by atoms with E-state index in [1.54, 1.807) is 0 Å². The van der Waals surface area contributed by atoms with E-state index in [-0.39, 0.29) is 0 Å². The van der Waals surface area contributed by atoms with Gasteiger partial charge in [-0.2, -0.15) is 0 Å². The van der Waals surface area contributed by atoms with Gasteiger partial charge in [0, 0.05) is 25.5 Å². The first-order valence-electron chi connectivity index (χ1n) is 7.14. The monoisotopic (exact) mass is 281 g/mol. The van der Waals surface area contributed by atoms with Crippen molar-refractivity contribution >= 4 is 11.6 Å². The molecule has 1 aliphatic heterocycles. The molecule has 0 N–H and O–H groups in total. The number of rotatable bonds is 5. The summed E-state index contributed by atoms with van der Waals surface area (Å²) < 4.78 is 5.71. The Kier molecular flexibility index (Phi) is 5.68. The highest BCUT2D eigenvalue weighted by Gasteiger charge is 2.19. The van der Waals surface area contributed by atoms with Crippen molar-refractivity contribution in [1.82, 2.24) is 4.90 Å². The van der Waals surface area contributed by atoms with Crippen LogP contribution in [0, 0.1) is 13.8 Å². The lowest BCUT2D eigenvalue weighted by atomic mass is 10.0. The topological polar surface area (TPSA) is 12.5 Å². The van der Waals surface area contributed by atoms with Crippen LogP contribution >= 0.6 is 11.6 Å². The van der Waals surface area contributed by atoms with E-state index in [2.05, 4.69) is 36.9 Å². The van der Waals surface area contributed by atoms with Crippen molar-refractivity contribution in [3.8, 4) is 0 Å². The van der Waals surface area contributed by atoms with Crippen molar-refractivity contribution in [3.63, 3.8) is 0 Å². The SMILES string of the molecule is Cc1cc(C)cc(CN2CCC(OCCCl)CC2)c1. The Labute approximate surface area is 121 Å². The molecule has 2 rings (SSSR count). The van der Waals surface area contributed by atoms with Gasteiger partial charge in [0.15, 0.2) is 0 Å². The molecule has 1 fully saturated rings. The fraction of sp³-hybridized carbons (Fsp3) is 0.625. The number of nitrogens with zero attached hydrogens (tertiary/aromatic N) is 1. The zero-order chi connectivity index (χ0) is 13.7. The summed E-state index contributed by atoms with van der Waals surface area (Å²) in [5.41, 5.74) is 4.14. The van der Waals surface area contributed by atoms with Gasteiger partial charge in [-0.15, -0.1) is 11.6 Å². The number of hydrogen-bond acceptors (Lipinski definition) is 2. The van der Waals surface area contributed by atoms with Gasteiger partial charge in [-0.3, -0.25) is 4.90 Å². The van der Waals surface area contributed by atoms with Gasteiger partial charge < -0.3 is 4.74 Å². The average molecular weight is 282 g/mol. The molecule has 1 saturated heterocycles. The molecule has 2 nitrogen and oxygen atoms in total. The number of likely N-dealkylation sites (tertiary alicyclic amines) is 1. The second-order valence-corrected chi connectivity index (χ2v) is 5.91. The van der Waals surface area contributed by atoms with Crippen molar-refractivity contribution in [2.24, 2.45) is 0 Å². The van der Waals surface area contributed by atoms with Crippen molar-refractivity contribution in [2.45, 2.75) is 39.3 Å². The largest absolute Gasteiger partial charge is 0.377 e. The molecule has 106 valence electrons. The predicted molar refractivity (Wildman–Crippen MR) is 80.9 cm³/mol. The molecule has 0 saturated carbocycles. The van der Waals surface area contributed by atoms with Gasteiger partial charge in [-0.1, -0.05) is 29.3 Å². The maximum absolute atomic E-state index is 5.71. The standard InChI is InChI=1S/C16H24ClNO/c1-13-9-14(2)11-15(10-13)12-18-6-3-16(4-7-18)19-8-5-17/h9-11,16H,3-8,12H2,1-2H3. The van der Waals surface area contributed by atoms with E-state index in [0.29, 0.717) is 18.6 Å². The maximum Gasteiger partial charge on any atom is 0.0605 e. The van der Waals surface area contributed by atoms with Crippen LogP contribution in [0.1, 0.15) is 29.5 Å². The summed E-state index contributed by atoms with van der Waals surface area (Å²) >= 11 is 5.65. The highest BCUT2D eigenvalue weighted by atomic mass is 35.5. The number of hydrogen-bond donors (Lipinski definition) is 0. The Bertz CT molecular complexity index is 379. The predicted octanol–water partition coefficient (Wildman–Crippen LogP) is 3.52. The van der Waals surface area contributed by atoms with Crippen LogP contribution in [0.3, 0.4) is 0 Å². The van der Waals surface area contributed by atoms with Crippen LogP contribution in [0.4, 0.5) is 0 Å². The van der Waals surface area contributed by atoms with Crippen LogP contribution in [0.15, 0.2) is 18.2 Å². The third-order valence-electron chi connectivity index (χ3n) is 3.65. The smallest absolute Gasteiger partial charge is 0.0605 e. The van der Waals surface area contributed by atoms with Gasteiger partial charge in [-0.05, 0) is 32.3 Å². The minimum absolute atomic E-state index is 0.411. The number of alkyl halides is 1. The van der Waals surface area contributed by atoms with Crippen LogP contribution in [0.2, 0.25) is 0 Å². The molecule has 0 aliphatic carbocycles. The summed E-state index contributed by atoms with van der Waals surface area (Å²) in [6.07, 6.45) is 2.66. The van der Waals surface area contributed by atoms with Crippen LogP contribution in [-0.4, -0.2) is 36.6 Å². The lowest BCUT2D eigenvalue weighted by Crippen LogP contribution is -2.36. The number of benzene rings is 1. The second kappa shape index (κ2) is 7.28. The molecule has 0 atom stereocenters. The molecule has 0 aromatic heterocycles. The minimum atomic E-state index is 0.411. The van der Waals surface area contributed by atoms with Gasteiger partial charge >= 0.3 is 0 Å². The van der Waals surface area contributed by atoms with E-state index >= 15 is 0 Å². The fourth-order valence-corrected chi connectivity index (χ4v) is 2.95. The van der Waals surface area contributed by atoms with E-state index in [1.165, 1.54) is 16.7 Å². The lowest BCUT2D eigenvalue weighted by Gasteiger charge is -2.32. The molecule has 0 radical (unpaired) electrons. The Morgan fingerprint density at radius 3 is 2.37 bits per heavy atom. The van der Waals surface area contributed by atoms with Crippen LogP contribution < -0.4 is 0 Å². The average Bonchev–Trinajstić information content (AvgIpc) is 2.37. The Balaban J connectivity index is 1.82. The molecule has 0 bridgehead atoms. The Hall–Kier alpha value is -0.570. The first kappa shape index (κ1) is 14.8. The first-order chi connectivity index (χ1) is 9.17. The minimum Gasteiger partial charge on any atom is -0.377 e. The van der Waals surface area contributed by atoms with Gasteiger partial charge in [0.05, 0.1) is 12.7 Å². The number of aryl methyl sites for hydroxylation is 2. The summed E-state index contributed by atoms with van der Waals surface area (Å²) in [4.78, 5) is 2.52. The number of ether oxygens (including phenoxy) is 1.